The van der Waals surface area contributed by atoms with Gasteiger partial charge in [0.1, 0.15) is 0 Å². The van der Waals surface area contributed by atoms with Crippen LogP contribution in [0.4, 0.5) is 0 Å². The Balaban J connectivity index is 1.92. The fourth-order valence-electron chi connectivity index (χ4n) is 2.40. The summed E-state index contributed by atoms with van der Waals surface area (Å²) in [4.78, 5) is 12.1. The van der Waals surface area contributed by atoms with Gasteiger partial charge >= 0.3 is 5.97 Å². The molecule has 0 bridgehead atoms. The molecule has 0 aliphatic rings. The molecule has 0 aliphatic carbocycles. The number of carbonyl (C=O) groups is 1. The Morgan fingerprint density at radius 3 is 2.17 bits per heavy atom. The van der Waals surface area contributed by atoms with E-state index < -0.39 is 0 Å². The van der Waals surface area contributed by atoms with Crippen LogP contribution in [0.15, 0.2) is 48.5 Å². The summed E-state index contributed by atoms with van der Waals surface area (Å²) >= 11 is 0. The van der Waals surface area contributed by atoms with Crippen LogP contribution in [0.25, 0.3) is 0 Å². The molecule has 0 aromatic heterocycles. The molecule has 0 radical (unpaired) electrons. The molecule has 0 heterocycles. The lowest BCUT2D eigenvalue weighted by Crippen LogP contribution is -2.11. The second-order valence-electron chi connectivity index (χ2n) is 6.80. The second kappa shape index (κ2) is 8.00. The van der Waals surface area contributed by atoms with Crippen LogP contribution in [0.2, 0.25) is 0 Å². The molecule has 2 aromatic rings. The minimum absolute atomic E-state index is 0.139. The first-order valence-corrected chi connectivity index (χ1v) is 8.42. The molecule has 0 N–H and O–H groups in total. The summed E-state index contributed by atoms with van der Waals surface area (Å²) in [5, 5.41) is 0. The molecule has 0 atom stereocenters. The maximum Gasteiger partial charge on any atom is 0.311 e. The monoisotopic (exact) mass is 326 g/mol. The highest BCUT2D eigenvalue weighted by molar-refractivity contribution is 5.73. The molecule has 0 unspecified atom stereocenters. The Morgan fingerprint density at radius 2 is 1.58 bits per heavy atom. The molecule has 3 nitrogen and oxygen atoms in total. The van der Waals surface area contributed by atoms with Crippen molar-refractivity contribution in [2.45, 2.75) is 46.0 Å². The number of para-hydroxylation sites is 2. The van der Waals surface area contributed by atoms with Gasteiger partial charge in [-0.15, -0.1) is 0 Å². The van der Waals surface area contributed by atoms with Gasteiger partial charge in [0, 0.05) is 6.42 Å². The zero-order valence-electron chi connectivity index (χ0n) is 15.0. The first-order valence-electron chi connectivity index (χ1n) is 8.42. The molecule has 24 heavy (non-hydrogen) atoms. The quantitative estimate of drug-likeness (QED) is 0.558. The minimum Gasteiger partial charge on any atom is -0.490 e. The number of rotatable bonds is 6. The van der Waals surface area contributed by atoms with Crippen molar-refractivity contribution in [3.63, 3.8) is 0 Å². The molecule has 0 aliphatic heterocycles. The fourth-order valence-corrected chi connectivity index (χ4v) is 2.40. The summed E-state index contributed by atoms with van der Waals surface area (Å²) in [6, 6.07) is 15.7. The van der Waals surface area contributed by atoms with Gasteiger partial charge in [-0.2, -0.15) is 0 Å². The number of hydrogen-bond acceptors (Lipinski definition) is 3. The van der Waals surface area contributed by atoms with E-state index in [1.807, 2.05) is 19.1 Å². The van der Waals surface area contributed by atoms with Crippen molar-refractivity contribution in [3.05, 3.63) is 59.7 Å². The highest BCUT2D eigenvalue weighted by Crippen LogP contribution is 2.27. The van der Waals surface area contributed by atoms with Crippen molar-refractivity contribution >= 4 is 5.97 Å². The van der Waals surface area contributed by atoms with Gasteiger partial charge in [0.05, 0.1) is 6.61 Å². The predicted octanol–water partition coefficient (Wildman–Crippen LogP) is 4.92. The molecular formula is C21H26O3. The van der Waals surface area contributed by atoms with E-state index in [0.717, 1.165) is 5.56 Å². The van der Waals surface area contributed by atoms with Crippen LogP contribution in [0.1, 0.15) is 45.2 Å². The Morgan fingerprint density at radius 1 is 0.958 bits per heavy atom. The van der Waals surface area contributed by atoms with Crippen molar-refractivity contribution < 1.29 is 14.3 Å². The Labute approximate surface area is 144 Å². The van der Waals surface area contributed by atoms with E-state index in [-0.39, 0.29) is 11.4 Å². The summed E-state index contributed by atoms with van der Waals surface area (Å²) in [6.45, 7) is 9.01. The van der Waals surface area contributed by atoms with Gasteiger partial charge < -0.3 is 9.47 Å². The number of carbonyl (C=O) groups excluding carboxylic acids is 1. The lowest BCUT2D eigenvalue weighted by Gasteiger charge is -2.19. The zero-order chi connectivity index (χ0) is 17.6. The van der Waals surface area contributed by atoms with Gasteiger partial charge in [-0.05, 0) is 42.0 Å². The van der Waals surface area contributed by atoms with Crippen LogP contribution in [-0.2, 0) is 16.6 Å². The Kier molecular flexibility index (Phi) is 6.02. The van der Waals surface area contributed by atoms with Gasteiger partial charge in [-0.1, -0.05) is 57.2 Å². The highest BCUT2D eigenvalue weighted by Gasteiger charge is 2.13. The number of hydrogen-bond donors (Lipinski definition) is 0. The highest BCUT2D eigenvalue weighted by atomic mass is 16.6. The third-order valence-electron chi connectivity index (χ3n) is 3.81. The molecule has 128 valence electrons. The molecule has 2 aromatic carbocycles. The summed E-state index contributed by atoms with van der Waals surface area (Å²) in [6.07, 6.45) is 1.01. The largest absolute Gasteiger partial charge is 0.490 e. The van der Waals surface area contributed by atoms with Crippen LogP contribution in [0.3, 0.4) is 0 Å². The summed E-state index contributed by atoms with van der Waals surface area (Å²) in [7, 11) is 0. The van der Waals surface area contributed by atoms with Crippen molar-refractivity contribution in [2.75, 3.05) is 6.61 Å². The summed E-state index contributed by atoms with van der Waals surface area (Å²) in [5.74, 6) is 0.831. The number of benzene rings is 2. The van der Waals surface area contributed by atoms with Crippen LogP contribution in [0.5, 0.6) is 11.5 Å². The van der Waals surface area contributed by atoms with Gasteiger partial charge in [0.2, 0.25) is 0 Å². The molecular weight excluding hydrogens is 300 g/mol. The van der Waals surface area contributed by atoms with Crippen LogP contribution >= 0.6 is 0 Å². The fraction of sp³-hybridized carbons (Fsp3) is 0.381. The van der Waals surface area contributed by atoms with Gasteiger partial charge in [-0.3, -0.25) is 4.79 Å². The van der Waals surface area contributed by atoms with Gasteiger partial charge in [0.15, 0.2) is 11.5 Å². The average Bonchev–Trinajstić information content (AvgIpc) is 2.55. The van der Waals surface area contributed by atoms with Crippen molar-refractivity contribution in [1.29, 1.82) is 0 Å². The third-order valence-corrected chi connectivity index (χ3v) is 3.81. The maximum absolute atomic E-state index is 12.1. The molecule has 2 rings (SSSR count). The van der Waals surface area contributed by atoms with Gasteiger partial charge in [-0.25, -0.2) is 0 Å². The summed E-state index contributed by atoms with van der Waals surface area (Å²) < 4.78 is 10.9. The van der Waals surface area contributed by atoms with E-state index in [4.69, 9.17) is 9.47 Å². The SMILES string of the molecule is CCOc1ccccc1OC(=O)CCc1ccc(C(C)(C)C)cc1. The van der Waals surface area contributed by atoms with Crippen molar-refractivity contribution in [2.24, 2.45) is 0 Å². The van der Waals surface area contributed by atoms with Crippen molar-refractivity contribution in [3.8, 4) is 11.5 Å². The Bertz CT molecular complexity index is 666. The smallest absolute Gasteiger partial charge is 0.311 e. The average molecular weight is 326 g/mol. The topological polar surface area (TPSA) is 35.5 Å². The van der Waals surface area contributed by atoms with Crippen LogP contribution in [-0.4, -0.2) is 12.6 Å². The molecule has 0 amide bonds. The summed E-state index contributed by atoms with van der Waals surface area (Å²) in [5.41, 5.74) is 2.57. The van der Waals surface area contributed by atoms with E-state index >= 15 is 0 Å². The van der Waals surface area contributed by atoms with E-state index in [1.54, 1.807) is 12.1 Å². The zero-order valence-corrected chi connectivity index (χ0v) is 15.0. The number of ether oxygens (including phenoxy) is 2. The van der Waals surface area contributed by atoms with Crippen LogP contribution in [0, 0.1) is 0 Å². The van der Waals surface area contributed by atoms with Crippen LogP contribution < -0.4 is 9.47 Å². The van der Waals surface area contributed by atoms with E-state index in [2.05, 4.69) is 45.0 Å². The predicted molar refractivity (Wildman–Crippen MR) is 96.7 cm³/mol. The lowest BCUT2D eigenvalue weighted by atomic mass is 9.86. The molecule has 0 saturated heterocycles. The second-order valence-corrected chi connectivity index (χ2v) is 6.80. The molecule has 3 heteroatoms. The minimum atomic E-state index is -0.248. The first-order chi connectivity index (χ1) is 11.4. The molecule has 0 fully saturated rings. The molecule has 0 spiro atoms. The third kappa shape index (κ3) is 5.12. The molecule has 0 saturated carbocycles. The van der Waals surface area contributed by atoms with Gasteiger partial charge in [0.25, 0.3) is 0 Å². The normalized spacial score (nSPS) is 11.2. The standard InChI is InChI=1S/C21H26O3/c1-5-23-18-8-6-7-9-19(18)24-20(22)15-12-16-10-13-17(14-11-16)21(2,3)4/h6-11,13-14H,5,12,15H2,1-4H3. The number of aryl methyl sites for hydroxylation is 1. The van der Waals surface area contributed by atoms with Crippen molar-refractivity contribution in [1.82, 2.24) is 0 Å². The van der Waals surface area contributed by atoms with E-state index in [1.165, 1.54) is 5.56 Å². The lowest BCUT2D eigenvalue weighted by molar-refractivity contribution is -0.134. The Hall–Kier alpha value is -2.29. The van der Waals surface area contributed by atoms with E-state index in [9.17, 15) is 4.79 Å². The number of esters is 1. The van der Waals surface area contributed by atoms with E-state index in [0.29, 0.717) is 30.9 Å². The first kappa shape index (κ1) is 18.1. The maximum atomic E-state index is 12.1.